The topological polar surface area (TPSA) is 31.4 Å². The van der Waals surface area contributed by atoms with Crippen molar-refractivity contribution in [1.29, 1.82) is 0 Å². The maximum absolute atomic E-state index is 5.70. The van der Waals surface area contributed by atoms with Gasteiger partial charge in [0.2, 0.25) is 5.88 Å². The van der Waals surface area contributed by atoms with Gasteiger partial charge in [-0.3, -0.25) is 0 Å². The van der Waals surface area contributed by atoms with E-state index < -0.39 is 0 Å². The van der Waals surface area contributed by atoms with Crippen LogP contribution in [-0.4, -0.2) is 18.2 Å². The van der Waals surface area contributed by atoms with Crippen LogP contribution in [0.15, 0.2) is 47.1 Å². The summed E-state index contributed by atoms with van der Waals surface area (Å²) in [5, 5.41) is 0. The minimum Gasteiger partial charge on any atom is -0.438 e. The van der Waals surface area contributed by atoms with Gasteiger partial charge in [-0.15, -0.1) is 0 Å². The second-order valence-electron chi connectivity index (χ2n) is 3.98. The van der Waals surface area contributed by atoms with Gasteiger partial charge in [0.05, 0.1) is 11.1 Å². The summed E-state index contributed by atoms with van der Waals surface area (Å²) in [6.45, 7) is 3.51. The van der Waals surface area contributed by atoms with Crippen molar-refractivity contribution in [3.8, 4) is 11.6 Å². The Bertz CT molecular complexity index is 514. The summed E-state index contributed by atoms with van der Waals surface area (Å²) < 4.78 is 11.9. The SMILES string of the molecule is CCOCCc1ccc(Oc2ncccc2Br)cc1. The molecule has 0 saturated carbocycles. The van der Waals surface area contributed by atoms with Crippen LogP contribution in [0.3, 0.4) is 0 Å². The van der Waals surface area contributed by atoms with Gasteiger partial charge in [0.15, 0.2) is 0 Å². The van der Waals surface area contributed by atoms with Crippen LogP contribution in [0.5, 0.6) is 11.6 Å². The predicted molar refractivity (Wildman–Crippen MR) is 78.7 cm³/mol. The molecule has 0 N–H and O–H groups in total. The zero-order valence-electron chi connectivity index (χ0n) is 10.8. The van der Waals surface area contributed by atoms with E-state index in [1.807, 2.05) is 43.3 Å². The van der Waals surface area contributed by atoms with Gasteiger partial charge in [0.1, 0.15) is 5.75 Å². The van der Waals surface area contributed by atoms with Crippen molar-refractivity contribution in [2.45, 2.75) is 13.3 Å². The Labute approximate surface area is 121 Å². The molecular formula is C15H16BrNO2. The molecule has 0 amide bonds. The molecule has 4 heteroatoms. The molecule has 0 aliphatic carbocycles. The van der Waals surface area contributed by atoms with Crippen LogP contribution in [0.4, 0.5) is 0 Å². The first-order valence-corrected chi connectivity index (χ1v) is 7.04. The third-order valence-corrected chi connectivity index (χ3v) is 3.21. The summed E-state index contributed by atoms with van der Waals surface area (Å²) in [7, 11) is 0. The van der Waals surface area contributed by atoms with E-state index in [-0.39, 0.29) is 0 Å². The van der Waals surface area contributed by atoms with Crippen molar-refractivity contribution in [3.63, 3.8) is 0 Å². The van der Waals surface area contributed by atoms with E-state index in [0.717, 1.165) is 29.9 Å². The largest absolute Gasteiger partial charge is 0.438 e. The summed E-state index contributed by atoms with van der Waals surface area (Å²) in [5.74, 6) is 1.35. The maximum Gasteiger partial charge on any atom is 0.233 e. The highest BCUT2D eigenvalue weighted by Gasteiger charge is 2.03. The summed E-state index contributed by atoms with van der Waals surface area (Å²) in [4.78, 5) is 4.17. The van der Waals surface area contributed by atoms with Crippen molar-refractivity contribution in [3.05, 3.63) is 52.6 Å². The summed E-state index contributed by atoms with van der Waals surface area (Å²) in [6, 6.07) is 11.7. The Balaban J connectivity index is 1.97. The molecule has 100 valence electrons. The van der Waals surface area contributed by atoms with Crippen LogP contribution in [0, 0.1) is 0 Å². The first-order chi connectivity index (χ1) is 9.29. The molecule has 3 nitrogen and oxygen atoms in total. The maximum atomic E-state index is 5.70. The average molecular weight is 322 g/mol. The van der Waals surface area contributed by atoms with E-state index in [0.29, 0.717) is 5.88 Å². The molecule has 0 aliphatic heterocycles. The van der Waals surface area contributed by atoms with Crippen molar-refractivity contribution in [2.24, 2.45) is 0 Å². The van der Waals surface area contributed by atoms with Gasteiger partial charge >= 0.3 is 0 Å². The standard InChI is InChI=1S/C15H16BrNO2/c1-2-18-11-9-12-5-7-13(8-6-12)19-15-14(16)4-3-10-17-15/h3-8,10H,2,9,11H2,1H3. The molecule has 0 unspecified atom stereocenters. The molecule has 2 rings (SSSR count). The number of benzene rings is 1. The Morgan fingerprint density at radius 3 is 2.63 bits per heavy atom. The first-order valence-electron chi connectivity index (χ1n) is 6.24. The fourth-order valence-corrected chi connectivity index (χ4v) is 1.95. The zero-order chi connectivity index (χ0) is 13.5. The summed E-state index contributed by atoms with van der Waals surface area (Å²) in [6.07, 6.45) is 2.62. The quantitative estimate of drug-likeness (QED) is 0.746. The minimum absolute atomic E-state index is 0.574. The molecule has 0 saturated heterocycles. The van der Waals surface area contributed by atoms with Crippen molar-refractivity contribution in [2.75, 3.05) is 13.2 Å². The van der Waals surface area contributed by atoms with Gasteiger partial charge in [0, 0.05) is 12.8 Å². The number of rotatable bonds is 6. The van der Waals surface area contributed by atoms with Gasteiger partial charge < -0.3 is 9.47 Å². The molecular weight excluding hydrogens is 306 g/mol. The number of hydrogen-bond donors (Lipinski definition) is 0. The lowest BCUT2D eigenvalue weighted by atomic mass is 10.1. The van der Waals surface area contributed by atoms with Crippen LogP contribution in [0.1, 0.15) is 12.5 Å². The van der Waals surface area contributed by atoms with Crippen molar-refractivity contribution in [1.82, 2.24) is 4.98 Å². The third-order valence-electron chi connectivity index (χ3n) is 2.60. The van der Waals surface area contributed by atoms with E-state index in [4.69, 9.17) is 9.47 Å². The highest BCUT2D eigenvalue weighted by molar-refractivity contribution is 9.10. The predicted octanol–water partition coefficient (Wildman–Crippen LogP) is 4.22. The lowest BCUT2D eigenvalue weighted by Gasteiger charge is -2.07. The van der Waals surface area contributed by atoms with Crippen LogP contribution in [0.25, 0.3) is 0 Å². The van der Waals surface area contributed by atoms with Crippen LogP contribution >= 0.6 is 15.9 Å². The smallest absolute Gasteiger partial charge is 0.233 e. The molecule has 2 aromatic rings. The normalized spacial score (nSPS) is 10.4. The fraction of sp³-hybridized carbons (Fsp3) is 0.267. The molecule has 0 aliphatic rings. The molecule has 1 heterocycles. The van der Waals surface area contributed by atoms with E-state index >= 15 is 0 Å². The monoisotopic (exact) mass is 321 g/mol. The third kappa shape index (κ3) is 4.33. The van der Waals surface area contributed by atoms with Gasteiger partial charge in [-0.05, 0) is 59.1 Å². The first kappa shape index (κ1) is 14.0. The van der Waals surface area contributed by atoms with E-state index in [2.05, 4.69) is 20.9 Å². The second-order valence-corrected chi connectivity index (χ2v) is 4.84. The lowest BCUT2D eigenvalue weighted by molar-refractivity contribution is 0.151. The molecule has 0 bridgehead atoms. The highest BCUT2D eigenvalue weighted by atomic mass is 79.9. The second kappa shape index (κ2) is 7.26. The highest BCUT2D eigenvalue weighted by Crippen LogP contribution is 2.26. The van der Waals surface area contributed by atoms with Gasteiger partial charge in [-0.1, -0.05) is 12.1 Å². The van der Waals surface area contributed by atoms with E-state index in [9.17, 15) is 0 Å². The Hall–Kier alpha value is -1.39. The Morgan fingerprint density at radius 2 is 1.95 bits per heavy atom. The van der Waals surface area contributed by atoms with E-state index in [1.54, 1.807) is 6.20 Å². The number of hydrogen-bond acceptors (Lipinski definition) is 3. The van der Waals surface area contributed by atoms with Crippen LogP contribution < -0.4 is 4.74 Å². The number of halogens is 1. The fourth-order valence-electron chi connectivity index (χ4n) is 1.62. The molecule has 1 aromatic carbocycles. The number of nitrogens with zero attached hydrogens (tertiary/aromatic N) is 1. The summed E-state index contributed by atoms with van der Waals surface area (Å²) in [5.41, 5.74) is 1.24. The van der Waals surface area contributed by atoms with Crippen LogP contribution in [-0.2, 0) is 11.2 Å². The number of ether oxygens (including phenoxy) is 2. The lowest BCUT2D eigenvalue weighted by Crippen LogP contribution is -1.97. The van der Waals surface area contributed by atoms with Crippen LogP contribution in [0.2, 0.25) is 0 Å². The minimum atomic E-state index is 0.574. The van der Waals surface area contributed by atoms with Gasteiger partial charge in [-0.2, -0.15) is 0 Å². The van der Waals surface area contributed by atoms with Crippen molar-refractivity contribution < 1.29 is 9.47 Å². The van der Waals surface area contributed by atoms with Crippen molar-refractivity contribution >= 4 is 15.9 Å². The number of aromatic nitrogens is 1. The zero-order valence-corrected chi connectivity index (χ0v) is 12.4. The Kier molecular flexibility index (Phi) is 5.36. The molecule has 19 heavy (non-hydrogen) atoms. The molecule has 0 radical (unpaired) electrons. The summed E-state index contributed by atoms with van der Waals surface area (Å²) >= 11 is 3.41. The average Bonchev–Trinajstić information content (AvgIpc) is 2.44. The Morgan fingerprint density at radius 1 is 1.16 bits per heavy atom. The molecule has 1 aromatic heterocycles. The molecule has 0 spiro atoms. The molecule has 0 atom stereocenters. The number of pyridine rings is 1. The van der Waals surface area contributed by atoms with Gasteiger partial charge in [-0.25, -0.2) is 4.98 Å². The molecule has 0 fully saturated rings. The van der Waals surface area contributed by atoms with Gasteiger partial charge in [0.25, 0.3) is 0 Å². The van der Waals surface area contributed by atoms with E-state index in [1.165, 1.54) is 5.56 Å².